The Morgan fingerprint density at radius 1 is 1.00 bits per heavy atom. The van der Waals surface area contributed by atoms with E-state index in [1.54, 1.807) is 0 Å². The monoisotopic (exact) mass is 325 g/mol. The Hall–Kier alpha value is -1.84. The van der Waals surface area contributed by atoms with Crippen molar-refractivity contribution >= 4 is 0 Å². The van der Waals surface area contributed by atoms with E-state index in [2.05, 4.69) is 51.8 Å². The van der Waals surface area contributed by atoms with Crippen molar-refractivity contribution in [2.24, 2.45) is 0 Å². The zero-order valence-corrected chi connectivity index (χ0v) is 15.2. The first-order valence-electron chi connectivity index (χ1n) is 8.55. The van der Waals surface area contributed by atoms with E-state index >= 15 is 0 Å². The van der Waals surface area contributed by atoms with Crippen LogP contribution in [0.2, 0.25) is 0 Å². The van der Waals surface area contributed by atoms with Gasteiger partial charge in [-0.15, -0.1) is 0 Å². The number of hydrogen-bond acceptors (Lipinski definition) is 3. The third-order valence-electron chi connectivity index (χ3n) is 5.00. The van der Waals surface area contributed by atoms with Crippen molar-refractivity contribution in [1.82, 2.24) is 4.90 Å². The summed E-state index contributed by atoms with van der Waals surface area (Å²) in [6, 6.07) is 16.5. The van der Waals surface area contributed by atoms with Crippen molar-refractivity contribution in [3.05, 3.63) is 65.2 Å². The second-order valence-electron chi connectivity index (χ2n) is 7.72. The second-order valence-corrected chi connectivity index (χ2v) is 7.72. The molecule has 128 valence electrons. The molecule has 1 fully saturated rings. The summed E-state index contributed by atoms with van der Waals surface area (Å²) in [5.41, 5.74) is 2.86. The maximum atomic E-state index is 10.8. The Balaban J connectivity index is 1.97. The van der Waals surface area contributed by atoms with Gasteiger partial charge in [-0.05, 0) is 30.5 Å². The van der Waals surface area contributed by atoms with Gasteiger partial charge in [0.15, 0.2) is 0 Å². The summed E-state index contributed by atoms with van der Waals surface area (Å²) in [5.74, 6) is 0.350. The number of nitrogens with zero attached hydrogens (tertiary/aromatic N) is 1. The van der Waals surface area contributed by atoms with Crippen molar-refractivity contribution in [2.45, 2.75) is 51.5 Å². The largest absolute Gasteiger partial charge is 0.507 e. The highest BCUT2D eigenvalue weighted by Gasteiger charge is 2.40. The lowest BCUT2D eigenvalue weighted by Gasteiger charge is -2.26. The van der Waals surface area contributed by atoms with Gasteiger partial charge in [-0.1, -0.05) is 69.3 Å². The molecule has 1 aliphatic heterocycles. The fourth-order valence-corrected chi connectivity index (χ4v) is 3.43. The highest BCUT2D eigenvalue weighted by Crippen LogP contribution is 2.45. The molecule has 1 N–H and O–H groups in total. The van der Waals surface area contributed by atoms with Crippen molar-refractivity contribution in [3.63, 3.8) is 0 Å². The minimum atomic E-state index is -0.243. The topological polar surface area (TPSA) is 32.7 Å². The lowest BCUT2D eigenvalue weighted by atomic mass is 9.85. The Labute approximate surface area is 144 Å². The summed E-state index contributed by atoms with van der Waals surface area (Å²) in [6.45, 7) is 8.50. The number of hydrogen-bond donors (Lipinski definition) is 1. The van der Waals surface area contributed by atoms with Gasteiger partial charge in [0.25, 0.3) is 0 Å². The van der Waals surface area contributed by atoms with E-state index < -0.39 is 0 Å². The first-order valence-corrected chi connectivity index (χ1v) is 8.55. The number of ether oxygens (including phenoxy) is 1. The number of para-hydroxylation sites is 1. The van der Waals surface area contributed by atoms with Crippen molar-refractivity contribution in [2.75, 3.05) is 7.05 Å². The minimum absolute atomic E-state index is 0.00103. The first kappa shape index (κ1) is 17.0. The van der Waals surface area contributed by atoms with Gasteiger partial charge in [-0.3, -0.25) is 4.90 Å². The standard InChI is InChI=1S/C21H27NO2/c1-14-19(15-10-7-6-8-11-15)24-20(22(14)5)16-12-9-13-17(18(16)23)21(2,3)4/h6-14,19-20,23H,1-5H3/t14-,19-,20-/m0/s1. The molecule has 0 amide bonds. The van der Waals surface area contributed by atoms with Crippen LogP contribution in [0.4, 0.5) is 0 Å². The molecule has 1 aliphatic rings. The Kier molecular flexibility index (Phi) is 4.41. The number of aromatic hydroxyl groups is 1. The van der Waals surface area contributed by atoms with Crippen LogP contribution in [0.5, 0.6) is 5.75 Å². The molecule has 0 radical (unpaired) electrons. The van der Waals surface area contributed by atoms with Crippen LogP contribution in [-0.4, -0.2) is 23.1 Å². The molecule has 0 aliphatic carbocycles. The highest BCUT2D eigenvalue weighted by atomic mass is 16.5. The lowest BCUT2D eigenvalue weighted by molar-refractivity contribution is 0.00405. The predicted molar refractivity (Wildman–Crippen MR) is 97.0 cm³/mol. The van der Waals surface area contributed by atoms with Gasteiger partial charge in [0, 0.05) is 11.6 Å². The summed E-state index contributed by atoms with van der Waals surface area (Å²) in [4.78, 5) is 2.19. The lowest BCUT2D eigenvalue weighted by Crippen LogP contribution is -2.27. The molecule has 2 aromatic carbocycles. The number of phenols is 1. The maximum absolute atomic E-state index is 10.8. The van der Waals surface area contributed by atoms with E-state index in [-0.39, 0.29) is 23.8 Å². The minimum Gasteiger partial charge on any atom is -0.507 e. The summed E-state index contributed by atoms with van der Waals surface area (Å²) >= 11 is 0. The van der Waals surface area contributed by atoms with Crippen LogP contribution in [0.3, 0.4) is 0 Å². The van der Waals surface area contributed by atoms with Gasteiger partial charge >= 0.3 is 0 Å². The van der Waals surface area contributed by atoms with Crippen LogP contribution in [0.1, 0.15) is 56.7 Å². The van der Waals surface area contributed by atoms with Crippen LogP contribution < -0.4 is 0 Å². The van der Waals surface area contributed by atoms with Gasteiger partial charge in [0.1, 0.15) is 18.1 Å². The summed E-state index contributed by atoms with van der Waals surface area (Å²) in [5, 5.41) is 10.8. The Morgan fingerprint density at radius 3 is 2.29 bits per heavy atom. The average molecular weight is 325 g/mol. The molecular formula is C21H27NO2. The van der Waals surface area contributed by atoms with Crippen LogP contribution in [-0.2, 0) is 10.2 Å². The third-order valence-corrected chi connectivity index (χ3v) is 5.00. The number of phenolic OH excluding ortho intramolecular Hbond substituents is 1. The van der Waals surface area contributed by atoms with Gasteiger partial charge in [0.05, 0.1) is 0 Å². The number of benzene rings is 2. The summed E-state index contributed by atoms with van der Waals surface area (Å²) in [6.07, 6.45) is -0.244. The van der Waals surface area contributed by atoms with Crippen LogP contribution in [0.15, 0.2) is 48.5 Å². The normalized spacial score (nSPS) is 25.1. The van der Waals surface area contributed by atoms with Crippen LogP contribution in [0, 0.1) is 0 Å². The van der Waals surface area contributed by atoms with Crippen LogP contribution >= 0.6 is 0 Å². The molecule has 0 aromatic heterocycles. The highest BCUT2D eigenvalue weighted by molar-refractivity contribution is 5.45. The van der Waals surface area contributed by atoms with Crippen LogP contribution in [0.25, 0.3) is 0 Å². The quantitative estimate of drug-likeness (QED) is 0.862. The second kappa shape index (κ2) is 6.23. The van der Waals surface area contributed by atoms with E-state index in [1.165, 1.54) is 5.56 Å². The molecule has 0 saturated carbocycles. The Morgan fingerprint density at radius 2 is 1.67 bits per heavy atom. The van der Waals surface area contributed by atoms with Crippen molar-refractivity contribution < 1.29 is 9.84 Å². The van der Waals surface area contributed by atoms with Gasteiger partial charge in [-0.2, -0.15) is 0 Å². The molecule has 3 atom stereocenters. The first-order chi connectivity index (χ1) is 11.3. The zero-order chi connectivity index (χ0) is 17.5. The molecule has 0 bridgehead atoms. The molecule has 0 spiro atoms. The smallest absolute Gasteiger partial charge is 0.141 e. The maximum Gasteiger partial charge on any atom is 0.141 e. The number of rotatable bonds is 2. The SMILES string of the molecule is C[C@H]1[C@@H](c2ccccc2)O[C@@H](c2cccc(C(C)(C)C)c2O)N1C. The molecule has 2 aromatic rings. The fourth-order valence-electron chi connectivity index (χ4n) is 3.43. The Bertz CT molecular complexity index is 706. The van der Waals surface area contributed by atoms with Gasteiger partial charge in [0.2, 0.25) is 0 Å². The van der Waals surface area contributed by atoms with Gasteiger partial charge in [-0.25, -0.2) is 0 Å². The molecule has 3 rings (SSSR count). The molecule has 1 heterocycles. The predicted octanol–water partition coefficient (Wildman–Crippen LogP) is 4.78. The van der Waals surface area contributed by atoms with Crippen molar-refractivity contribution in [3.8, 4) is 5.75 Å². The van der Waals surface area contributed by atoms with E-state index in [4.69, 9.17) is 4.74 Å². The molecular weight excluding hydrogens is 298 g/mol. The molecule has 1 saturated heterocycles. The fraction of sp³-hybridized carbons (Fsp3) is 0.429. The molecule has 24 heavy (non-hydrogen) atoms. The van der Waals surface area contributed by atoms with E-state index in [9.17, 15) is 5.11 Å². The van der Waals surface area contributed by atoms with E-state index in [0.717, 1.165) is 11.1 Å². The molecule has 3 heteroatoms. The number of likely N-dealkylation sites (N-methyl/N-ethyl adjacent to an activating group) is 1. The van der Waals surface area contributed by atoms with E-state index in [1.807, 2.05) is 36.4 Å². The average Bonchev–Trinajstić information content (AvgIpc) is 2.83. The molecule has 0 unspecified atom stereocenters. The zero-order valence-electron chi connectivity index (χ0n) is 15.2. The van der Waals surface area contributed by atoms with Crippen molar-refractivity contribution in [1.29, 1.82) is 0 Å². The summed E-state index contributed by atoms with van der Waals surface area (Å²) < 4.78 is 6.37. The van der Waals surface area contributed by atoms with E-state index in [0.29, 0.717) is 5.75 Å². The third kappa shape index (κ3) is 2.94. The van der Waals surface area contributed by atoms with Gasteiger partial charge < -0.3 is 9.84 Å². The summed E-state index contributed by atoms with van der Waals surface area (Å²) in [7, 11) is 2.06. The molecule has 3 nitrogen and oxygen atoms in total.